The summed E-state index contributed by atoms with van der Waals surface area (Å²) in [5.74, 6) is -1.18. The van der Waals surface area contributed by atoms with Crippen molar-refractivity contribution in [3.8, 4) is 5.75 Å². The van der Waals surface area contributed by atoms with Crippen LogP contribution in [0.1, 0.15) is 5.56 Å². The lowest BCUT2D eigenvalue weighted by Crippen LogP contribution is -2.23. The average Bonchev–Trinajstić information content (AvgIpc) is 2.52. The summed E-state index contributed by atoms with van der Waals surface area (Å²) in [5.41, 5.74) is 0.817. The second-order valence-electron chi connectivity index (χ2n) is 4.23. The molecule has 0 spiro atoms. The summed E-state index contributed by atoms with van der Waals surface area (Å²) in [6.07, 6.45) is 0. The molecule has 0 fully saturated rings. The molecular weight excluding hydrogens is 292 g/mol. The molecule has 0 saturated heterocycles. The van der Waals surface area contributed by atoms with Gasteiger partial charge in [-0.1, -0.05) is 41.9 Å². The Kier molecular flexibility index (Phi) is 5.35. The summed E-state index contributed by atoms with van der Waals surface area (Å²) >= 11 is 5.73. The van der Waals surface area contributed by atoms with E-state index in [0.29, 0.717) is 10.8 Å². The molecule has 0 unspecified atom stereocenters. The van der Waals surface area contributed by atoms with Crippen LogP contribution in [0.15, 0.2) is 54.6 Å². The fraction of sp³-hybridized carbons (Fsp3) is 0.125. The minimum Gasteiger partial charge on any atom is -0.485 e. The third kappa shape index (κ3) is 4.93. The monoisotopic (exact) mass is 304 g/mol. The summed E-state index contributed by atoms with van der Waals surface area (Å²) in [6, 6.07) is 15.6. The van der Waals surface area contributed by atoms with Crippen LogP contribution in [0, 0.1) is 0 Å². The molecule has 5 heteroatoms. The lowest BCUT2D eigenvalue weighted by Gasteiger charge is -2.06. The Labute approximate surface area is 127 Å². The Bertz CT molecular complexity index is 608. The van der Waals surface area contributed by atoms with E-state index in [4.69, 9.17) is 21.1 Å². The lowest BCUT2D eigenvalue weighted by molar-refractivity contribution is -0.155. The number of esters is 1. The first-order valence-corrected chi connectivity index (χ1v) is 6.65. The molecule has 0 radical (unpaired) electrons. The van der Waals surface area contributed by atoms with Gasteiger partial charge >= 0.3 is 5.97 Å². The zero-order chi connectivity index (χ0) is 15.1. The first-order chi connectivity index (χ1) is 10.1. The Morgan fingerprint density at radius 3 is 2.29 bits per heavy atom. The van der Waals surface area contributed by atoms with E-state index in [1.165, 1.54) is 0 Å². The fourth-order valence-electron chi connectivity index (χ4n) is 1.54. The van der Waals surface area contributed by atoms with Crippen molar-refractivity contribution in [3.05, 3.63) is 65.2 Å². The number of hydrogen-bond acceptors (Lipinski definition) is 4. The van der Waals surface area contributed by atoms with E-state index in [1.54, 1.807) is 24.3 Å². The number of benzene rings is 2. The minimum absolute atomic E-state index is 0.0619. The molecule has 0 aromatic heterocycles. The topological polar surface area (TPSA) is 52.6 Å². The van der Waals surface area contributed by atoms with Crippen LogP contribution >= 0.6 is 11.6 Å². The lowest BCUT2D eigenvalue weighted by atomic mass is 10.2. The summed E-state index contributed by atoms with van der Waals surface area (Å²) in [4.78, 5) is 23.1. The predicted octanol–water partition coefficient (Wildman–Crippen LogP) is 3.03. The predicted molar refractivity (Wildman–Crippen MR) is 78.2 cm³/mol. The van der Waals surface area contributed by atoms with Gasteiger partial charge in [0.15, 0.2) is 6.61 Å². The highest BCUT2D eigenvalue weighted by Gasteiger charge is 2.16. The molecule has 0 heterocycles. The summed E-state index contributed by atoms with van der Waals surface area (Å²) < 4.78 is 10.1. The normalized spacial score (nSPS) is 9.95. The molecule has 21 heavy (non-hydrogen) atoms. The van der Waals surface area contributed by atoms with E-state index in [1.807, 2.05) is 30.3 Å². The van der Waals surface area contributed by atoms with Gasteiger partial charge in [-0.3, -0.25) is 4.79 Å². The zero-order valence-electron chi connectivity index (χ0n) is 11.1. The Hall–Kier alpha value is -2.33. The zero-order valence-corrected chi connectivity index (χ0v) is 11.9. The summed E-state index contributed by atoms with van der Waals surface area (Å²) in [5, 5.41) is 0.566. The quantitative estimate of drug-likeness (QED) is 0.608. The number of carbonyl (C=O) groups excluding carboxylic acids is 2. The van der Waals surface area contributed by atoms with E-state index < -0.39 is 11.8 Å². The molecule has 0 bridgehead atoms. The van der Waals surface area contributed by atoms with Crippen LogP contribution in [-0.4, -0.2) is 18.4 Å². The van der Waals surface area contributed by atoms with Crippen molar-refractivity contribution in [2.75, 3.05) is 6.61 Å². The van der Waals surface area contributed by atoms with Crippen LogP contribution in [-0.2, 0) is 20.9 Å². The summed E-state index contributed by atoms with van der Waals surface area (Å²) in [7, 11) is 0. The molecule has 2 aromatic carbocycles. The molecular formula is C16H13ClO4. The van der Waals surface area contributed by atoms with Gasteiger partial charge in [0.1, 0.15) is 12.4 Å². The standard InChI is InChI=1S/C16H13ClO4/c17-13-6-8-14(9-7-13)20-11-15(18)16(19)21-10-12-4-2-1-3-5-12/h1-9H,10-11H2. The second kappa shape index (κ2) is 7.45. The highest BCUT2D eigenvalue weighted by Crippen LogP contribution is 2.15. The van der Waals surface area contributed by atoms with Gasteiger partial charge in [0.25, 0.3) is 5.78 Å². The molecule has 2 aromatic rings. The summed E-state index contributed by atoms with van der Waals surface area (Å²) in [6.45, 7) is -0.304. The largest absolute Gasteiger partial charge is 0.485 e. The van der Waals surface area contributed by atoms with Gasteiger partial charge in [0, 0.05) is 5.02 Å². The molecule has 0 aliphatic carbocycles. The second-order valence-corrected chi connectivity index (χ2v) is 4.66. The van der Waals surface area contributed by atoms with E-state index in [0.717, 1.165) is 5.56 Å². The van der Waals surface area contributed by atoms with E-state index in [2.05, 4.69) is 0 Å². The maximum Gasteiger partial charge on any atom is 0.378 e. The van der Waals surface area contributed by atoms with E-state index in [9.17, 15) is 9.59 Å². The molecule has 4 nitrogen and oxygen atoms in total. The first kappa shape index (κ1) is 15.1. The number of ketones is 1. The molecule has 0 atom stereocenters. The van der Waals surface area contributed by atoms with Crippen molar-refractivity contribution >= 4 is 23.4 Å². The molecule has 0 N–H and O–H groups in total. The molecule has 0 saturated carbocycles. The number of ether oxygens (including phenoxy) is 2. The number of rotatable bonds is 6. The number of carbonyl (C=O) groups is 2. The fourth-order valence-corrected chi connectivity index (χ4v) is 1.67. The van der Waals surface area contributed by atoms with Crippen LogP contribution in [0.4, 0.5) is 0 Å². The minimum atomic E-state index is -0.909. The van der Waals surface area contributed by atoms with Crippen molar-refractivity contribution < 1.29 is 19.1 Å². The molecule has 0 amide bonds. The van der Waals surface area contributed by atoms with Crippen molar-refractivity contribution in [2.24, 2.45) is 0 Å². The highest BCUT2D eigenvalue weighted by molar-refractivity contribution is 6.34. The van der Waals surface area contributed by atoms with Crippen molar-refractivity contribution in [3.63, 3.8) is 0 Å². The number of hydrogen-bond donors (Lipinski definition) is 0. The van der Waals surface area contributed by atoms with Gasteiger partial charge < -0.3 is 9.47 Å². The molecule has 2 rings (SSSR count). The van der Waals surface area contributed by atoms with Crippen molar-refractivity contribution in [1.82, 2.24) is 0 Å². The average molecular weight is 305 g/mol. The van der Waals surface area contributed by atoms with Crippen LogP contribution < -0.4 is 4.74 Å². The smallest absolute Gasteiger partial charge is 0.378 e. The van der Waals surface area contributed by atoms with Crippen molar-refractivity contribution in [2.45, 2.75) is 6.61 Å². The first-order valence-electron chi connectivity index (χ1n) is 6.27. The molecule has 0 aliphatic rings. The van der Waals surface area contributed by atoms with Gasteiger partial charge in [-0.2, -0.15) is 0 Å². The van der Waals surface area contributed by atoms with Gasteiger partial charge in [-0.15, -0.1) is 0 Å². The maximum absolute atomic E-state index is 11.6. The van der Waals surface area contributed by atoms with Gasteiger partial charge in [0.2, 0.25) is 0 Å². The van der Waals surface area contributed by atoms with Gasteiger partial charge in [0.05, 0.1) is 0 Å². The third-order valence-corrected chi connectivity index (χ3v) is 2.88. The Morgan fingerprint density at radius 1 is 0.952 bits per heavy atom. The van der Waals surface area contributed by atoms with Crippen molar-refractivity contribution in [1.29, 1.82) is 0 Å². The maximum atomic E-state index is 11.6. The van der Waals surface area contributed by atoms with Crippen LogP contribution in [0.25, 0.3) is 0 Å². The Morgan fingerprint density at radius 2 is 1.62 bits per heavy atom. The van der Waals surface area contributed by atoms with Crippen LogP contribution in [0.5, 0.6) is 5.75 Å². The highest BCUT2D eigenvalue weighted by atomic mass is 35.5. The number of Topliss-reactive ketones (excluding diaryl/α,β-unsaturated/α-hetero) is 1. The Balaban J connectivity index is 1.77. The SMILES string of the molecule is O=C(COc1ccc(Cl)cc1)C(=O)OCc1ccccc1. The number of halogens is 1. The van der Waals surface area contributed by atoms with E-state index in [-0.39, 0.29) is 13.2 Å². The van der Waals surface area contributed by atoms with Crippen LogP contribution in [0.3, 0.4) is 0 Å². The third-order valence-electron chi connectivity index (χ3n) is 2.62. The van der Waals surface area contributed by atoms with E-state index >= 15 is 0 Å². The van der Waals surface area contributed by atoms with Crippen LogP contribution in [0.2, 0.25) is 5.02 Å². The molecule has 0 aliphatic heterocycles. The molecule has 108 valence electrons. The van der Waals surface area contributed by atoms with Gasteiger partial charge in [-0.25, -0.2) is 4.79 Å². The van der Waals surface area contributed by atoms with Gasteiger partial charge in [-0.05, 0) is 29.8 Å².